The lowest BCUT2D eigenvalue weighted by atomic mass is 10.2. The number of aromatic nitrogens is 1. The Labute approximate surface area is 102 Å². The minimum atomic E-state index is -0.517. The molecule has 0 saturated carbocycles. The fourth-order valence-corrected chi connectivity index (χ4v) is 1.44. The van der Waals surface area contributed by atoms with E-state index in [9.17, 15) is 9.18 Å². The number of nitrogens with zero attached hydrogens (tertiary/aromatic N) is 2. The van der Waals surface area contributed by atoms with Crippen LogP contribution < -0.4 is 5.32 Å². The third kappa shape index (κ3) is 2.20. The predicted octanol–water partition coefficient (Wildman–Crippen LogP) is 2.25. The van der Waals surface area contributed by atoms with E-state index in [-0.39, 0.29) is 17.0 Å². The highest BCUT2D eigenvalue weighted by molar-refractivity contribution is 6.06. The van der Waals surface area contributed by atoms with Crippen molar-refractivity contribution < 1.29 is 13.7 Å². The Hall–Kier alpha value is -2.68. The van der Waals surface area contributed by atoms with E-state index in [1.165, 1.54) is 31.2 Å². The molecule has 18 heavy (non-hydrogen) atoms. The standard InChI is InChI=1S/C12H8FN3O2/c1-7-11(10(6-14)16-18-7)12(17)15-9-4-2-8(13)3-5-9/h2-5H,1H3,(H,15,17). The Bertz CT molecular complexity index is 626. The quantitative estimate of drug-likeness (QED) is 0.879. The number of carbonyl (C=O) groups is 1. The molecule has 0 atom stereocenters. The van der Waals surface area contributed by atoms with Gasteiger partial charge in [-0.2, -0.15) is 5.26 Å². The molecule has 0 radical (unpaired) electrons. The summed E-state index contributed by atoms with van der Waals surface area (Å²) >= 11 is 0. The first-order valence-corrected chi connectivity index (χ1v) is 5.05. The van der Waals surface area contributed by atoms with E-state index in [1.807, 2.05) is 0 Å². The molecule has 2 aromatic rings. The number of benzene rings is 1. The molecule has 90 valence electrons. The van der Waals surface area contributed by atoms with Gasteiger partial charge in [0.1, 0.15) is 23.2 Å². The second-order valence-corrected chi connectivity index (χ2v) is 3.54. The predicted molar refractivity (Wildman–Crippen MR) is 60.3 cm³/mol. The first-order valence-electron chi connectivity index (χ1n) is 5.05. The van der Waals surface area contributed by atoms with Gasteiger partial charge in [0, 0.05) is 5.69 Å². The van der Waals surface area contributed by atoms with Crippen LogP contribution in [-0.2, 0) is 0 Å². The number of nitriles is 1. The zero-order valence-corrected chi connectivity index (χ0v) is 9.40. The zero-order valence-electron chi connectivity index (χ0n) is 9.40. The lowest BCUT2D eigenvalue weighted by molar-refractivity contribution is 0.102. The van der Waals surface area contributed by atoms with Crippen LogP contribution in [0.15, 0.2) is 28.8 Å². The number of rotatable bonds is 2. The maximum atomic E-state index is 12.7. The third-order valence-electron chi connectivity index (χ3n) is 2.30. The fraction of sp³-hybridized carbons (Fsp3) is 0.0833. The van der Waals surface area contributed by atoms with Gasteiger partial charge in [0.05, 0.1) is 0 Å². The highest BCUT2D eigenvalue weighted by atomic mass is 19.1. The number of halogens is 1. The number of amides is 1. The molecule has 1 amide bonds. The first-order chi connectivity index (χ1) is 8.61. The number of anilines is 1. The highest BCUT2D eigenvalue weighted by Gasteiger charge is 2.20. The van der Waals surface area contributed by atoms with Crippen LogP contribution in [0.25, 0.3) is 0 Å². The molecule has 0 aliphatic carbocycles. The number of nitrogens with one attached hydrogen (secondary N) is 1. The maximum absolute atomic E-state index is 12.7. The topological polar surface area (TPSA) is 78.9 Å². The van der Waals surface area contributed by atoms with Crippen LogP contribution in [0.1, 0.15) is 21.8 Å². The van der Waals surface area contributed by atoms with Crippen molar-refractivity contribution in [3.8, 4) is 6.07 Å². The van der Waals surface area contributed by atoms with E-state index >= 15 is 0 Å². The summed E-state index contributed by atoms with van der Waals surface area (Å²) in [7, 11) is 0. The van der Waals surface area contributed by atoms with Crippen molar-refractivity contribution in [2.45, 2.75) is 6.92 Å². The van der Waals surface area contributed by atoms with Crippen LogP contribution in [0.2, 0.25) is 0 Å². The minimum absolute atomic E-state index is 0.0767. The van der Waals surface area contributed by atoms with Gasteiger partial charge in [-0.1, -0.05) is 5.16 Å². The van der Waals surface area contributed by atoms with Gasteiger partial charge < -0.3 is 9.84 Å². The molecule has 0 fully saturated rings. The second kappa shape index (κ2) is 4.67. The molecule has 1 N–H and O–H groups in total. The summed E-state index contributed by atoms with van der Waals surface area (Å²) in [5.74, 6) is -0.657. The van der Waals surface area contributed by atoms with Crippen molar-refractivity contribution in [1.29, 1.82) is 5.26 Å². The summed E-state index contributed by atoms with van der Waals surface area (Å²) in [6, 6.07) is 7.05. The average Bonchev–Trinajstić information content (AvgIpc) is 2.73. The van der Waals surface area contributed by atoms with Crippen molar-refractivity contribution >= 4 is 11.6 Å². The van der Waals surface area contributed by atoms with Crippen molar-refractivity contribution in [2.24, 2.45) is 0 Å². The Morgan fingerprint density at radius 1 is 1.44 bits per heavy atom. The number of hydrogen-bond acceptors (Lipinski definition) is 4. The van der Waals surface area contributed by atoms with Gasteiger partial charge in [-0.05, 0) is 31.2 Å². The van der Waals surface area contributed by atoms with Gasteiger partial charge in [-0.3, -0.25) is 4.79 Å². The number of hydrogen-bond donors (Lipinski definition) is 1. The largest absolute Gasteiger partial charge is 0.359 e. The van der Waals surface area contributed by atoms with Gasteiger partial charge in [0.2, 0.25) is 0 Å². The summed E-state index contributed by atoms with van der Waals surface area (Å²) in [6.07, 6.45) is 0. The van der Waals surface area contributed by atoms with Crippen LogP contribution in [0.3, 0.4) is 0 Å². The molecule has 0 saturated heterocycles. The van der Waals surface area contributed by atoms with Gasteiger partial charge in [0.15, 0.2) is 5.69 Å². The van der Waals surface area contributed by atoms with E-state index in [2.05, 4.69) is 10.5 Å². The summed E-state index contributed by atoms with van der Waals surface area (Å²) < 4.78 is 17.5. The number of aryl methyl sites for hydroxylation is 1. The summed E-state index contributed by atoms with van der Waals surface area (Å²) in [6.45, 7) is 1.54. The SMILES string of the molecule is Cc1onc(C#N)c1C(=O)Nc1ccc(F)cc1. The molecule has 0 bridgehead atoms. The van der Waals surface area contributed by atoms with Crippen LogP contribution in [0.5, 0.6) is 0 Å². The summed E-state index contributed by atoms with van der Waals surface area (Å²) in [4.78, 5) is 11.9. The van der Waals surface area contributed by atoms with E-state index < -0.39 is 11.7 Å². The highest BCUT2D eigenvalue weighted by Crippen LogP contribution is 2.15. The van der Waals surface area contributed by atoms with Gasteiger partial charge in [0.25, 0.3) is 5.91 Å². The minimum Gasteiger partial charge on any atom is -0.359 e. The van der Waals surface area contributed by atoms with Crippen molar-refractivity contribution in [1.82, 2.24) is 5.16 Å². The normalized spacial score (nSPS) is 9.83. The molecule has 0 aliphatic heterocycles. The Kier molecular flexibility index (Phi) is 3.06. The Morgan fingerprint density at radius 2 is 2.11 bits per heavy atom. The van der Waals surface area contributed by atoms with Crippen LogP contribution in [0.4, 0.5) is 10.1 Å². The van der Waals surface area contributed by atoms with Crippen LogP contribution in [0, 0.1) is 24.1 Å². The molecule has 6 heteroatoms. The lowest BCUT2D eigenvalue weighted by Gasteiger charge is -2.03. The summed E-state index contributed by atoms with van der Waals surface area (Å²) in [5.41, 5.74) is 0.430. The number of carbonyl (C=O) groups excluding carboxylic acids is 1. The molecule has 2 rings (SSSR count). The van der Waals surface area contributed by atoms with E-state index in [0.717, 1.165) is 0 Å². The van der Waals surface area contributed by atoms with Crippen LogP contribution in [-0.4, -0.2) is 11.1 Å². The van der Waals surface area contributed by atoms with Gasteiger partial charge in [-0.25, -0.2) is 4.39 Å². The van der Waals surface area contributed by atoms with E-state index in [1.54, 1.807) is 6.07 Å². The second-order valence-electron chi connectivity index (χ2n) is 3.54. The van der Waals surface area contributed by atoms with Crippen molar-refractivity contribution in [2.75, 3.05) is 5.32 Å². The first kappa shape index (κ1) is 11.8. The van der Waals surface area contributed by atoms with Crippen LogP contribution >= 0.6 is 0 Å². The molecule has 0 unspecified atom stereocenters. The molecule has 1 aromatic heterocycles. The van der Waals surface area contributed by atoms with Gasteiger partial charge in [-0.15, -0.1) is 0 Å². The monoisotopic (exact) mass is 245 g/mol. The molecular formula is C12H8FN3O2. The van der Waals surface area contributed by atoms with E-state index in [4.69, 9.17) is 9.78 Å². The lowest BCUT2D eigenvalue weighted by Crippen LogP contribution is -2.13. The maximum Gasteiger partial charge on any atom is 0.262 e. The summed E-state index contributed by atoms with van der Waals surface area (Å²) in [5, 5.41) is 14.8. The molecule has 1 heterocycles. The molecule has 0 aliphatic rings. The Balaban J connectivity index is 2.25. The fourth-order valence-electron chi connectivity index (χ4n) is 1.44. The Morgan fingerprint density at radius 3 is 2.72 bits per heavy atom. The van der Waals surface area contributed by atoms with Crippen molar-refractivity contribution in [3.63, 3.8) is 0 Å². The smallest absolute Gasteiger partial charge is 0.262 e. The molecule has 0 spiro atoms. The van der Waals surface area contributed by atoms with Crippen molar-refractivity contribution in [3.05, 3.63) is 47.1 Å². The van der Waals surface area contributed by atoms with E-state index in [0.29, 0.717) is 5.69 Å². The molecule has 1 aromatic carbocycles. The average molecular weight is 245 g/mol. The zero-order chi connectivity index (χ0) is 13.1. The molecular weight excluding hydrogens is 237 g/mol. The van der Waals surface area contributed by atoms with Gasteiger partial charge >= 0.3 is 0 Å². The molecule has 5 nitrogen and oxygen atoms in total. The third-order valence-corrected chi connectivity index (χ3v) is 2.30.